The molecule has 4 rings (SSSR count). The van der Waals surface area contributed by atoms with Gasteiger partial charge in [0.2, 0.25) is 0 Å². The molecule has 4 aromatic rings. The molecular formula is C26H20Br2N2O3. The normalized spacial score (nSPS) is 11.0. The minimum absolute atomic E-state index is 0.143. The molecule has 0 spiro atoms. The van der Waals surface area contributed by atoms with Crippen molar-refractivity contribution in [3.05, 3.63) is 105 Å². The van der Waals surface area contributed by atoms with Crippen molar-refractivity contribution in [3.8, 4) is 11.5 Å². The summed E-state index contributed by atoms with van der Waals surface area (Å²) < 4.78 is 13.5. The van der Waals surface area contributed by atoms with Gasteiger partial charge in [0.15, 0.2) is 6.61 Å². The Bertz CT molecular complexity index is 1310. The second-order valence-electron chi connectivity index (χ2n) is 7.16. The molecule has 4 aromatic carbocycles. The number of amides is 1. The van der Waals surface area contributed by atoms with E-state index < -0.39 is 0 Å². The average molecular weight is 568 g/mol. The van der Waals surface area contributed by atoms with Gasteiger partial charge >= 0.3 is 0 Å². The number of fused-ring (bicyclic) bond motifs is 1. The minimum Gasteiger partial charge on any atom is -0.488 e. The lowest BCUT2D eigenvalue weighted by atomic mass is 10.0. The Labute approximate surface area is 208 Å². The zero-order chi connectivity index (χ0) is 23.0. The van der Waals surface area contributed by atoms with Crippen LogP contribution in [0.1, 0.15) is 11.1 Å². The van der Waals surface area contributed by atoms with Crippen LogP contribution in [-0.2, 0) is 11.4 Å². The number of ether oxygens (including phenoxy) is 2. The van der Waals surface area contributed by atoms with Crippen LogP contribution in [0.5, 0.6) is 11.5 Å². The molecule has 0 heterocycles. The first-order valence-electron chi connectivity index (χ1n) is 10.2. The highest BCUT2D eigenvalue weighted by Gasteiger charge is 2.09. The van der Waals surface area contributed by atoms with E-state index in [2.05, 4.69) is 42.4 Å². The second kappa shape index (κ2) is 11.1. The molecule has 0 aliphatic heterocycles. The summed E-state index contributed by atoms with van der Waals surface area (Å²) in [7, 11) is 0. The summed E-state index contributed by atoms with van der Waals surface area (Å²) >= 11 is 6.86. The molecule has 166 valence electrons. The lowest BCUT2D eigenvalue weighted by molar-refractivity contribution is -0.123. The number of hydrogen-bond acceptors (Lipinski definition) is 4. The van der Waals surface area contributed by atoms with Crippen LogP contribution in [0.25, 0.3) is 10.8 Å². The van der Waals surface area contributed by atoms with Gasteiger partial charge in [-0.1, -0.05) is 80.4 Å². The minimum atomic E-state index is -0.358. The average Bonchev–Trinajstić information content (AvgIpc) is 2.82. The molecule has 0 bridgehead atoms. The van der Waals surface area contributed by atoms with Crippen molar-refractivity contribution in [2.24, 2.45) is 5.10 Å². The number of nitrogens with zero attached hydrogens (tertiary/aromatic N) is 1. The highest BCUT2D eigenvalue weighted by Crippen LogP contribution is 2.27. The van der Waals surface area contributed by atoms with Gasteiger partial charge in [0.25, 0.3) is 5.91 Å². The highest BCUT2D eigenvalue weighted by atomic mass is 79.9. The first-order valence-corrected chi connectivity index (χ1v) is 11.8. The van der Waals surface area contributed by atoms with E-state index in [4.69, 9.17) is 9.47 Å². The molecule has 0 saturated carbocycles. The van der Waals surface area contributed by atoms with Gasteiger partial charge in [-0.3, -0.25) is 4.79 Å². The lowest BCUT2D eigenvalue weighted by Gasteiger charge is -2.12. The fourth-order valence-corrected chi connectivity index (χ4v) is 4.05. The third-order valence-electron chi connectivity index (χ3n) is 4.76. The molecule has 0 aliphatic carbocycles. The van der Waals surface area contributed by atoms with Crippen LogP contribution < -0.4 is 14.9 Å². The maximum Gasteiger partial charge on any atom is 0.277 e. The molecule has 0 aromatic heterocycles. The molecule has 5 nitrogen and oxygen atoms in total. The smallest absolute Gasteiger partial charge is 0.277 e. The van der Waals surface area contributed by atoms with E-state index in [1.807, 2.05) is 72.8 Å². The van der Waals surface area contributed by atoms with E-state index in [0.29, 0.717) is 18.1 Å². The first-order chi connectivity index (χ1) is 16.1. The maximum atomic E-state index is 12.2. The topological polar surface area (TPSA) is 59.9 Å². The zero-order valence-electron chi connectivity index (χ0n) is 17.5. The Hall–Kier alpha value is -3.16. The molecule has 0 unspecified atom stereocenters. The molecular weight excluding hydrogens is 548 g/mol. The SMILES string of the molecule is O=C(COc1cccc(Br)c1)N/N=C\c1c(OCc2cccc(Br)c2)ccc2ccccc12. The third kappa shape index (κ3) is 6.43. The van der Waals surface area contributed by atoms with Gasteiger partial charge in [0.05, 0.1) is 6.21 Å². The molecule has 0 radical (unpaired) electrons. The summed E-state index contributed by atoms with van der Waals surface area (Å²) in [5.74, 6) is 0.918. The summed E-state index contributed by atoms with van der Waals surface area (Å²) in [6, 6.07) is 27.2. The molecule has 0 fully saturated rings. The molecule has 7 heteroatoms. The van der Waals surface area contributed by atoms with E-state index in [0.717, 1.165) is 30.8 Å². The summed E-state index contributed by atoms with van der Waals surface area (Å²) in [5.41, 5.74) is 4.35. The number of halogens is 2. The van der Waals surface area contributed by atoms with Gasteiger partial charge < -0.3 is 9.47 Å². The first kappa shape index (κ1) is 23.0. The molecule has 33 heavy (non-hydrogen) atoms. The van der Waals surface area contributed by atoms with Crippen LogP contribution in [0.15, 0.2) is 99.0 Å². The second-order valence-corrected chi connectivity index (χ2v) is 8.99. The summed E-state index contributed by atoms with van der Waals surface area (Å²) in [6.45, 7) is 0.265. The summed E-state index contributed by atoms with van der Waals surface area (Å²) in [6.07, 6.45) is 1.61. The fourth-order valence-electron chi connectivity index (χ4n) is 3.23. The molecule has 0 saturated heterocycles. The number of carbonyl (C=O) groups excluding carboxylic acids is 1. The number of hydrogen-bond donors (Lipinski definition) is 1. The van der Waals surface area contributed by atoms with Crippen molar-refractivity contribution in [2.75, 3.05) is 6.61 Å². The summed E-state index contributed by atoms with van der Waals surface area (Å²) in [5, 5.41) is 6.18. The quantitative estimate of drug-likeness (QED) is 0.196. The van der Waals surface area contributed by atoms with Crippen molar-refractivity contribution < 1.29 is 14.3 Å². The standard InChI is InChI=1S/C26H20Br2N2O3/c27-20-7-3-5-18(13-20)16-33-25-12-11-19-6-1-2-10-23(19)24(25)15-29-30-26(31)17-32-22-9-4-8-21(28)14-22/h1-15H,16-17H2,(H,30,31)/b29-15-. The number of rotatable bonds is 8. The largest absolute Gasteiger partial charge is 0.488 e. The van der Waals surface area contributed by atoms with Gasteiger partial charge in [0, 0.05) is 14.5 Å². The summed E-state index contributed by atoms with van der Waals surface area (Å²) in [4.78, 5) is 12.2. The van der Waals surface area contributed by atoms with Gasteiger partial charge in [-0.15, -0.1) is 0 Å². The van der Waals surface area contributed by atoms with E-state index in [9.17, 15) is 4.79 Å². The van der Waals surface area contributed by atoms with Crippen LogP contribution in [0, 0.1) is 0 Å². The number of hydrazone groups is 1. The Morgan fingerprint density at radius 2 is 1.67 bits per heavy atom. The van der Waals surface area contributed by atoms with Crippen LogP contribution in [-0.4, -0.2) is 18.7 Å². The van der Waals surface area contributed by atoms with Crippen molar-refractivity contribution in [1.29, 1.82) is 0 Å². The van der Waals surface area contributed by atoms with Crippen molar-refractivity contribution in [2.45, 2.75) is 6.61 Å². The molecule has 1 amide bonds. The third-order valence-corrected chi connectivity index (χ3v) is 5.75. The van der Waals surface area contributed by atoms with E-state index in [-0.39, 0.29) is 12.5 Å². The predicted molar refractivity (Wildman–Crippen MR) is 138 cm³/mol. The van der Waals surface area contributed by atoms with Gasteiger partial charge in [0.1, 0.15) is 18.1 Å². The van der Waals surface area contributed by atoms with Crippen molar-refractivity contribution >= 4 is 54.8 Å². The van der Waals surface area contributed by atoms with Crippen LogP contribution in [0.4, 0.5) is 0 Å². The van der Waals surface area contributed by atoms with Crippen LogP contribution in [0.2, 0.25) is 0 Å². The lowest BCUT2D eigenvalue weighted by Crippen LogP contribution is -2.24. The molecule has 0 atom stereocenters. The molecule has 0 aliphatic rings. The highest BCUT2D eigenvalue weighted by molar-refractivity contribution is 9.10. The fraction of sp³-hybridized carbons (Fsp3) is 0.0769. The molecule has 1 N–H and O–H groups in total. The monoisotopic (exact) mass is 566 g/mol. The van der Waals surface area contributed by atoms with Gasteiger partial charge in [-0.2, -0.15) is 5.10 Å². The van der Waals surface area contributed by atoms with E-state index in [1.165, 1.54) is 0 Å². The Morgan fingerprint density at radius 1 is 0.879 bits per heavy atom. The predicted octanol–water partition coefficient (Wildman–Crippen LogP) is 6.47. The van der Waals surface area contributed by atoms with Crippen LogP contribution >= 0.6 is 31.9 Å². The Balaban J connectivity index is 1.47. The van der Waals surface area contributed by atoms with Gasteiger partial charge in [-0.05, 0) is 52.7 Å². The zero-order valence-corrected chi connectivity index (χ0v) is 20.7. The number of nitrogens with one attached hydrogen (secondary N) is 1. The Morgan fingerprint density at radius 3 is 2.48 bits per heavy atom. The number of benzene rings is 4. The number of carbonyl (C=O) groups is 1. The van der Waals surface area contributed by atoms with Crippen molar-refractivity contribution in [1.82, 2.24) is 5.43 Å². The maximum absolute atomic E-state index is 12.2. The van der Waals surface area contributed by atoms with E-state index in [1.54, 1.807) is 18.3 Å². The Kier molecular flexibility index (Phi) is 7.75. The van der Waals surface area contributed by atoms with Crippen LogP contribution in [0.3, 0.4) is 0 Å². The van der Waals surface area contributed by atoms with Gasteiger partial charge in [-0.25, -0.2) is 5.43 Å². The van der Waals surface area contributed by atoms with E-state index >= 15 is 0 Å². The van der Waals surface area contributed by atoms with Crippen molar-refractivity contribution in [3.63, 3.8) is 0 Å².